The average Bonchev–Trinajstić information content (AvgIpc) is 3.54. The predicted molar refractivity (Wildman–Crippen MR) is 177 cm³/mol. The summed E-state index contributed by atoms with van der Waals surface area (Å²) in [7, 11) is 0. The van der Waals surface area contributed by atoms with Gasteiger partial charge in [-0.15, -0.1) is 0 Å². The fourth-order valence-corrected chi connectivity index (χ4v) is 7.52. The number of nitriles is 1. The van der Waals surface area contributed by atoms with Gasteiger partial charge in [0.2, 0.25) is 0 Å². The first-order chi connectivity index (χ1) is 21.2. The molecule has 0 bridgehead atoms. The number of allylic oxidation sites excluding steroid dienone is 3. The molecule has 6 aromatic carbocycles. The molecule has 2 aliphatic carbocycles. The highest BCUT2D eigenvalue weighted by Gasteiger charge is 2.52. The van der Waals surface area contributed by atoms with Crippen LogP contribution in [0.1, 0.15) is 34.7 Å². The monoisotopic (exact) mass is 548 g/mol. The van der Waals surface area contributed by atoms with E-state index in [4.69, 9.17) is 5.73 Å². The normalized spacial score (nSPS) is 14.2. The van der Waals surface area contributed by atoms with E-state index in [0.717, 1.165) is 16.5 Å². The van der Waals surface area contributed by atoms with Gasteiger partial charge in [-0.25, -0.2) is 0 Å². The third-order valence-corrected chi connectivity index (χ3v) is 9.24. The van der Waals surface area contributed by atoms with E-state index in [1.807, 2.05) is 13.0 Å². The Bertz CT molecular complexity index is 2160. The second-order valence-corrected chi connectivity index (χ2v) is 11.4. The maximum absolute atomic E-state index is 9.63. The SMILES string of the molecule is C/C(C#N)=C\C(=C/N)c1cc2c(c3ccccc13)-c1ccc(-c3ccccc3)cc1C21c2ccccc2-c2ccccc21. The van der Waals surface area contributed by atoms with E-state index in [0.29, 0.717) is 5.57 Å². The summed E-state index contributed by atoms with van der Waals surface area (Å²) in [5, 5.41) is 11.9. The number of nitrogens with zero attached hydrogens (tertiary/aromatic N) is 1. The summed E-state index contributed by atoms with van der Waals surface area (Å²) in [6.07, 6.45) is 3.53. The molecule has 8 rings (SSSR count). The van der Waals surface area contributed by atoms with Crippen molar-refractivity contribution in [2.24, 2.45) is 5.73 Å². The Balaban J connectivity index is 1.56. The summed E-state index contributed by atoms with van der Waals surface area (Å²) in [6.45, 7) is 1.82. The Hall–Kier alpha value is -5.65. The van der Waals surface area contributed by atoms with Crippen molar-refractivity contribution in [1.82, 2.24) is 0 Å². The predicted octanol–water partition coefficient (Wildman–Crippen LogP) is 9.62. The largest absolute Gasteiger partial charge is 0.404 e. The van der Waals surface area contributed by atoms with Gasteiger partial charge in [-0.1, -0.05) is 115 Å². The van der Waals surface area contributed by atoms with Crippen LogP contribution in [0, 0.1) is 11.3 Å². The van der Waals surface area contributed by atoms with Crippen LogP contribution in [0.25, 0.3) is 49.7 Å². The maximum Gasteiger partial charge on any atom is 0.0944 e. The molecular formula is C41H28N2. The molecule has 0 amide bonds. The Morgan fingerprint density at radius 1 is 0.628 bits per heavy atom. The van der Waals surface area contributed by atoms with Crippen molar-refractivity contribution in [3.8, 4) is 39.4 Å². The van der Waals surface area contributed by atoms with Crippen LogP contribution in [0.3, 0.4) is 0 Å². The summed E-state index contributed by atoms with van der Waals surface area (Å²) in [6, 6.07) is 48.6. The van der Waals surface area contributed by atoms with Crippen molar-refractivity contribution >= 4 is 16.3 Å². The fraction of sp³-hybridized carbons (Fsp3) is 0.0488. The van der Waals surface area contributed by atoms with Crippen LogP contribution in [0.15, 0.2) is 145 Å². The lowest BCUT2D eigenvalue weighted by Crippen LogP contribution is -2.26. The van der Waals surface area contributed by atoms with E-state index >= 15 is 0 Å². The van der Waals surface area contributed by atoms with Gasteiger partial charge in [-0.3, -0.25) is 0 Å². The zero-order valence-electron chi connectivity index (χ0n) is 23.8. The van der Waals surface area contributed by atoms with E-state index in [1.165, 1.54) is 61.0 Å². The van der Waals surface area contributed by atoms with Gasteiger partial charge in [0.25, 0.3) is 0 Å². The van der Waals surface area contributed by atoms with Gasteiger partial charge < -0.3 is 5.73 Å². The van der Waals surface area contributed by atoms with Crippen LogP contribution in [-0.2, 0) is 5.41 Å². The van der Waals surface area contributed by atoms with E-state index in [1.54, 1.807) is 6.20 Å². The van der Waals surface area contributed by atoms with Crippen molar-refractivity contribution in [3.05, 3.63) is 173 Å². The second kappa shape index (κ2) is 9.44. The van der Waals surface area contributed by atoms with Crippen LogP contribution >= 0.6 is 0 Å². The van der Waals surface area contributed by atoms with E-state index in [-0.39, 0.29) is 0 Å². The van der Waals surface area contributed by atoms with Gasteiger partial charge in [0.15, 0.2) is 0 Å². The second-order valence-electron chi connectivity index (χ2n) is 11.4. The highest BCUT2D eigenvalue weighted by atomic mass is 14.5. The van der Waals surface area contributed by atoms with Gasteiger partial charge in [0.05, 0.1) is 11.5 Å². The maximum atomic E-state index is 9.63. The number of hydrogen-bond acceptors (Lipinski definition) is 2. The summed E-state index contributed by atoms with van der Waals surface area (Å²) >= 11 is 0. The lowest BCUT2D eigenvalue weighted by Gasteiger charge is -2.31. The third kappa shape index (κ3) is 3.40. The molecule has 0 radical (unpaired) electrons. The minimum atomic E-state index is -0.505. The van der Waals surface area contributed by atoms with Gasteiger partial charge in [0.1, 0.15) is 0 Å². The number of hydrogen-bond donors (Lipinski definition) is 1. The summed E-state index contributed by atoms with van der Waals surface area (Å²) in [5.41, 5.74) is 20.9. The molecule has 2 N–H and O–H groups in total. The van der Waals surface area contributed by atoms with Crippen LogP contribution in [0.2, 0.25) is 0 Å². The summed E-state index contributed by atoms with van der Waals surface area (Å²) in [4.78, 5) is 0. The standard InChI is InChI=1S/C41H28N2/c1-26(24-42)21-29(25-43)35-23-39-40(33-16-6-5-13-30(33)35)34-20-19-28(27-11-3-2-4-12-27)22-38(34)41(39)36-17-9-7-14-31(36)32-15-8-10-18-37(32)41/h2-23,25H,43H2,1H3/b26-21+,29-25+. The van der Waals surface area contributed by atoms with Crippen LogP contribution in [0.4, 0.5) is 0 Å². The van der Waals surface area contributed by atoms with Crippen LogP contribution < -0.4 is 5.73 Å². The molecule has 0 aromatic heterocycles. The Kier molecular flexibility index (Phi) is 5.51. The van der Waals surface area contributed by atoms with Crippen molar-refractivity contribution in [3.63, 3.8) is 0 Å². The minimum absolute atomic E-state index is 0.505. The lowest BCUT2D eigenvalue weighted by atomic mass is 9.69. The molecule has 0 atom stereocenters. The molecule has 2 heteroatoms. The zero-order valence-corrected chi connectivity index (χ0v) is 23.8. The molecule has 2 aliphatic rings. The van der Waals surface area contributed by atoms with Crippen LogP contribution in [-0.4, -0.2) is 0 Å². The first-order valence-electron chi connectivity index (χ1n) is 14.6. The zero-order chi connectivity index (χ0) is 29.1. The van der Waals surface area contributed by atoms with Gasteiger partial charge in [-0.05, 0) is 103 Å². The molecule has 43 heavy (non-hydrogen) atoms. The number of rotatable bonds is 3. The number of benzene rings is 6. The Morgan fingerprint density at radius 3 is 1.93 bits per heavy atom. The van der Waals surface area contributed by atoms with E-state index in [9.17, 15) is 5.26 Å². The smallest absolute Gasteiger partial charge is 0.0944 e. The van der Waals surface area contributed by atoms with Crippen molar-refractivity contribution in [2.45, 2.75) is 12.3 Å². The molecular weight excluding hydrogens is 520 g/mol. The van der Waals surface area contributed by atoms with Crippen molar-refractivity contribution < 1.29 is 0 Å². The lowest BCUT2D eigenvalue weighted by molar-refractivity contribution is 0.794. The average molecular weight is 549 g/mol. The van der Waals surface area contributed by atoms with Gasteiger partial charge in [0, 0.05) is 11.8 Å². The first kappa shape index (κ1) is 25.1. The van der Waals surface area contributed by atoms with Gasteiger partial charge in [-0.2, -0.15) is 5.26 Å². The quantitative estimate of drug-likeness (QED) is 0.176. The number of nitrogens with two attached hydrogens (primary N) is 1. The van der Waals surface area contributed by atoms with Crippen molar-refractivity contribution in [1.29, 1.82) is 5.26 Å². The Labute approximate surface area is 251 Å². The topological polar surface area (TPSA) is 49.8 Å². The minimum Gasteiger partial charge on any atom is -0.404 e. The van der Waals surface area contributed by atoms with Gasteiger partial charge >= 0.3 is 0 Å². The molecule has 0 heterocycles. The molecule has 0 fully saturated rings. The first-order valence-corrected chi connectivity index (χ1v) is 14.6. The highest BCUT2D eigenvalue weighted by molar-refractivity contribution is 6.10. The third-order valence-electron chi connectivity index (χ3n) is 9.24. The Morgan fingerprint density at radius 2 is 1.26 bits per heavy atom. The molecule has 0 unspecified atom stereocenters. The highest BCUT2D eigenvalue weighted by Crippen LogP contribution is 2.64. The summed E-state index contributed by atoms with van der Waals surface area (Å²) in [5.74, 6) is 0. The molecule has 0 saturated heterocycles. The van der Waals surface area contributed by atoms with E-state index in [2.05, 4.69) is 133 Å². The molecule has 0 aliphatic heterocycles. The van der Waals surface area contributed by atoms with Crippen LogP contribution in [0.5, 0.6) is 0 Å². The molecule has 0 saturated carbocycles. The molecule has 6 aromatic rings. The van der Waals surface area contributed by atoms with E-state index < -0.39 is 5.41 Å². The molecule has 2 nitrogen and oxygen atoms in total. The summed E-state index contributed by atoms with van der Waals surface area (Å²) < 4.78 is 0. The molecule has 202 valence electrons. The number of fused-ring (bicyclic) bond motifs is 12. The molecule has 1 spiro atoms. The van der Waals surface area contributed by atoms with Crippen molar-refractivity contribution in [2.75, 3.05) is 0 Å². The fourth-order valence-electron chi connectivity index (χ4n) is 7.52.